The Balaban J connectivity index is 1.92. The van der Waals surface area contributed by atoms with E-state index in [4.69, 9.17) is 0 Å². The first kappa shape index (κ1) is 21.0. The summed E-state index contributed by atoms with van der Waals surface area (Å²) in [6, 6.07) is 10.2. The Morgan fingerprint density at radius 2 is 1.93 bits per heavy atom. The van der Waals surface area contributed by atoms with Crippen LogP contribution in [0.15, 0.2) is 35.7 Å². The van der Waals surface area contributed by atoms with Crippen LogP contribution < -0.4 is 0 Å². The molecule has 152 valence electrons. The van der Waals surface area contributed by atoms with Crippen molar-refractivity contribution in [3.8, 4) is 0 Å². The second kappa shape index (κ2) is 8.35. The number of thiophene rings is 1. The van der Waals surface area contributed by atoms with Crippen molar-refractivity contribution in [2.45, 2.75) is 33.2 Å². The minimum atomic E-state index is -3.44. The number of benzene rings is 1. The number of amides is 1. The minimum absolute atomic E-state index is 0.112. The summed E-state index contributed by atoms with van der Waals surface area (Å²) in [4.78, 5) is 16.4. The quantitative estimate of drug-likeness (QED) is 0.719. The zero-order valence-electron chi connectivity index (χ0n) is 16.9. The van der Waals surface area contributed by atoms with Crippen LogP contribution in [0.1, 0.15) is 41.5 Å². The maximum Gasteiger partial charge on any atom is 0.238 e. The first-order chi connectivity index (χ1) is 13.2. The highest BCUT2D eigenvalue weighted by atomic mass is 32.2. The highest BCUT2D eigenvalue weighted by molar-refractivity contribution is 7.88. The maximum atomic E-state index is 13.2. The van der Waals surface area contributed by atoms with Crippen molar-refractivity contribution >= 4 is 27.3 Å². The topological polar surface area (TPSA) is 57.7 Å². The number of hydrogen-bond donors (Lipinski definition) is 0. The van der Waals surface area contributed by atoms with Gasteiger partial charge in [-0.15, -0.1) is 11.3 Å². The summed E-state index contributed by atoms with van der Waals surface area (Å²) >= 11 is 1.72. The van der Waals surface area contributed by atoms with Crippen LogP contribution in [0.3, 0.4) is 0 Å². The van der Waals surface area contributed by atoms with Gasteiger partial charge in [0, 0.05) is 18.0 Å². The molecule has 0 saturated carbocycles. The van der Waals surface area contributed by atoms with Crippen molar-refractivity contribution in [3.63, 3.8) is 0 Å². The van der Waals surface area contributed by atoms with E-state index in [0.29, 0.717) is 13.1 Å². The molecule has 7 heteroatoms. The summed E-state index contributed by atoms with van der Waals surface area (Å²) in [5.41, 5.74) is 3.39. The van der Waals surface area contributed by atoms with Crippen LogP contribution >= 0.6 is 11.3 Å². The van der Waals surface area contributed by atoms with E-state index in [0.717, 1.165) is 17.5 Å². The van der Waals surface area contributed by atoms with Crippen molar-refractivity contribution in [2.75, 3.05) is 25.9 Å². The Morgan fingerprint density at radius 1 is 1.25 bits per heavy atom. The number of rotatable bonds is 6. The van der Waals surface area contributed by atoms with Gasteiger partial charge < -0.3 is 4.90 Å². The van der Waals surface area contributed by atoms with Gasteiger partial charge in [0.1, 0.15) is 0 Å². The monoisotopic (exact) mass is 420 g/mol. The van der Waals surface area contributed by atoms with E-state index in [2.05, 4.69) is 35.7 Å². The van der Waals surface area contributed by atoms with E-state index in [1.165, 1.54) is 21.0 Å². The fourth-order valence-corrected chi connectivity index (χ4v) is 5.48. The molecule has 0 aliphatic carbocycles. The number of carbonyl (C=O) groups excluding carboxylic acids is 1. The van der Waals surface area contributed by atoms with Gasteiger partial charge in [-0.25, -0.2) is 8.42 Å². The molecule has 1 atom stereocenters. The standard InChI is InChI=1S/C21H28N2O3S2/c1-15(2)13-22(28(4,25)26)14-20(24)23-11-9-19-18(10-12-27-19)21(23)17-7-5-16(3)6-8-17/h5-8,10,12,15,21H,9,11,13-14H2,1-4H3. The molecule has 1 aromatic heterocycles. The van der Waals surface area contributed by atoms with Crippen molar-refractivity contribution in [3.05, 3.63) is 57.3 Å². The number of aryl methyl sites for hydroxylation is 1. The summed E-state index contributed by atoms with van der Waals surface area (Å²) in [5, 5.41) is 2.07. The zero-order chi connectivity index (χ0) is 20.5. The zero-order valence-corrected chi connectivity index (χ0v) is 18.5. The van der Waals surface area contributed by atoms with Crippen LogP contribution in [0.4, 0.5) is 0 Å². The highest BCUT2D eigenvalue weighted by Crippen LogP contribution is 2.38. The largest absolute Gasteiger partial charge is 0.330 e. The summed E-state index contributed by atoms with van der Waals surface area (Å²) in [7, 11) is -3.44. The van der Waals surface area contributed by atoms with Crippen molar-refractivity contribution in [2.24, 2.45) is 5.92 Å². The first-order valence-electron chi connectivity index (χ1n) is 9.54. The van der Waals surface area contributed by atoms with Gasteiger partial charge in [-0.3, -0.25) is 4.79 Å². The number of nitrogens with zero attached hydrogens (tertiary/aromatic N) is 2. The van der Waals surface area contributed by atoms with E-state index in [-0.39, 0.29) is 24.4 Å². The number of fused-ring (bicyclic) bond motifs is 1. The van der Waals surface area contributed by atoms with Gasteiger partial charge in [0.2, 0.25) is 15.9 Å². The van der Waals surface area contributed by atoms with Crippen LogP contribution in [0.5, 0.6) is 0 Å². The minimum Gasteiger partial charge on any atom is -0.330 e. The highest BCUT2D eigenvalue weighted by Gasteiger charge is 2.34. The molecule has 0 radical (unpaired) electrons. The summed E-state index contributed by atoms with van der Waals surface area (Å²) in [6.45, 7) is 6.78. The van der Waals surface area contributed by atoms with Crippen molar-refractivity contribution in [1.82, 2.24) is 9.21 Å². The van der Waals surface area contributed by atoms with Crippen LogP contribution in [0.2, 0.25) is 0 Å². The van der Waals surface area contributed by atoms with Gasteiger partial charge >= 0.3 is 0 Å². The van der Waals surface area contributed by atoms with Crippen LogP contribution in [0, 0.1) is 12.8 Å². The van der Waals surface area contributed by atoms with Gasteiger partial charge in [0.15, 0.2) is 0 Å². The second-order valence-electron chi connectivity index (χ2n) is 7.90. The molecule has 1 amide bonds. The summed E-state index contributed by atoms with van der Waals surface area (Å²) < 4.78 is 25.7. The molecule has 1 aliphatic heterocycles. The molecule has 5 nitrogen and oxygen atoms in total. The average Bonchev–Trinajstić information content (AvgIpc) is 3.08. The molecule has 0 bridgehead atoms. The lowest BCUT2D eigenvalue weighted by Gasteiger charge is -2.37. The van der Waals surface area contributed by atoms with Crippen molar-refractivity contribution in [1.29, 1.82) is 0 Å². The van der Waals surface area contributed by atoms with Crippen molar-refractivity contribution < 1.29 is 13.2 Å². The number of hydrogen-bond acceptors (Lipinski definition) is 4. The van der Waals surface area contributed by atoms with Gasteiger partial charge in [-0.05, 0) is 41.8 Å². The molecular weight excluding hydrogens is 392 g/mol. The van der Waals surface area contributed by atoms with Crippen LogP contribution in [-0.4, -0.2) is 49.4 Å². The summed E-state index contributed by atoms with van der Waals surface area (Å²) in [6.07, 6.45) is 1.98. The van der Waals surface area contributed by atoms with E-state index in [1.54, 1.807) is 11.3 Å². The fraction of sp³-hybridized carbons (Fsp3) is 0.476. The SMILES string of the molecule is Cc1ccc(C2c3ccsc3CCN2C(=O)CN(CC(C)C)S(C)(=O)=O)cc1. The Labute approximate surface area is 172 Å². The molecule has 2 heterocycles. The molecule has 0 spiro atoms. The molecule has 2 aromatic rings. The normalized spacial score (nSPS) is 17.2. The van der Waals surface area contributed by atoms with Crippen LogP contribution in [-0.2, 0) is 21.2 Å². The maximum absolute atomic E-state index is 13.2. The van der Waals surface area contributed by atoms with E-state index in [9.17, 15) is 13.2 Å². The van der Waals surface area contributed by atoms with Gasteiger partial charge in [0.25, 0.3) is 0 Å². The Kier molecular flexibility index (Phi) is 6.27. The van der Waals surface area contributed by atoms with Gasteiger partial charge in [-0.1, -0.05) is 43.7 Å². The number of sulfonamides is 1. The molecular formula is C21H28N2O3S2. The predicted octanol–water partition coefficient (Wildman–Crippen LogP) is 3.45. The first-order valence-corrected chi connectivity index (χ1v) is 12.3. The Bertz CT molecular complexity index is 933. The fourth-order valence-electron chi connectivity index (χ4n) is 3.66. The average molecular weight is 421 g/mol. The number of carbonyl (C=O) groups is 1. The van der Waals surface area contributed by atoms with Gasteiger partial charge in [0.05, 0.1) is 18.8 Å². The molecule has 1 unspecified atom stereocenters. The lowest BCUT2D eigenvalue weighted by Crippen LogP contribution is -2.47. The summed E-state index contributed by atoms with van der Waals surface area (Å²) in [5.74, 6) is 0.00810. The van der Waals surface area contributed by atoms with Crippen LogP contribution in [0.25, 0.3) is 0 Å². The van der Waals surface area contributed by atoms with E-state index in [1.807, 2.05) is 25.7 Å². The third-order valence-electron chi connectivity index (χ3n) is 5.03. The third-order valence-corrected chi connectivity index (χ3v) is 7.24. The lowest BCUT2D eigenvalue weighted by molar-refractivity contribution is -0.133. The van der Waals surface area contributed by atoms with Gasteiger partial charge in [-0.2, -0.15) is 4.31 Å². The Hall–Kier alpha value is -1.70. The lowest BCUT2D eigenvalue weighted by atomic mass is 9.92. The third kappa shape index (κ3) is 4.64. The molecule has 1 aromatic carbocycles. The molecule has 0 N–H and O–H groups in total. The van der Waals surface area contributed by atoms with E-state index >= 15 is 0 Å². The smallest absolute Gasteiger partial charge is 0.238 e. The molecule has 3 rings (SSSR count). The molecule has 0 fully saturated rings. The molecule has 28 heavy (non-hydrogen) atoms. The Morgan fingerprint density at radius 3 is 2.54 bits per heavy atom. The molecule has 1 aliphatic rings. The van der Waals surface area contributed by atoms with E-state index < -0.39 is 10.0 Å². The second-order valence-corrected chi connectivity index (χ2v) is 10.9. The predicted molar refractivity (Wildman–Crippen MR) is 114 cm³/mol. The molecule has 0 saturated heterocycles.